The number of piperazine rings is 1. The van der Waals surface area contributed by atoms with Crippen molar-refractivity contribution in [2.24, 2.45) is 0 Å². The molecule has 0 bridgehead atoms. The number of hydrogen-bond donors (Lipinski definition) is 2. The van der Waals surface area contributed by atoms with Crippen LogP contribution >= 0.6 is 0 Å². The molecule has 1 aliphatic rings. The van der Waals surface area contributed by atoms with Crippen LogP contribution in [0, 0.1) is 0 Å². The highest BCUT2D eigenvalue weighted by molar-refractivity contribution is 5.76. The van der Waals surface area contributed by atoms with E-state index in [1.807, 2.05) is 6.20 Å². The van der Waals surface area contributed by atoms with Crippen LogP contribution in [0.1, 0.15) is 25.3 Å². The molecule has 0 radical (unpaired) electrons. The van der Waals surface area contributed by atoms with Gasteiger partial charge in [-0.25, -0.2) is 0 Å². The molecule has 1 saturated heterocycles. The zero-order chi connectivity index (χ0) is 15.1. The van der Waals surface area contributed by atoms with Crippen LogP contribution in [0.25, 0.3) is 0 Å². The highest BCUT2D eigenvalue weighted by Gasteiger charge is 2.18. The third-order valence-electron chi connectivity index (χ3n) is 4.24. The zero-order valence-electron chi connectivity index (χ0n) is 13.1. The van der Waals surface area contributed by atoms with Crippen molar-refractivity contribution in [1.82, 2.24) is 25.3 Å². The highest BCUT2D eigenvalue weighted by Crippen LogP contribution is 2.07. The molecule has 1 fully saturated rings. The van der Waals surface area contributed by atoms with Gasteiger partial charge in [0.2, 0.25) is 5.91 Å². The summed E-state index contributed by atoms with van der Waals surface area (Å²) in [7, 11) is 2.17. The molecule has 1 aromatic heterocycles. The Kier molecular flexibility index (Phi) is 6.20. The van der Waals surface area contributed by atoms with Crippen LogP contribution in [0.2, 0.25) is 0 Å². The summed E-state index contributed by atoms with van der Waals surface area (Å²) in [6.45, 7) is 7.56. The lowest BCUT2D eigenvalue weighted by Gasteiger charge is -2.36. The maximum atomic E-state index is 11.8. The number of amides is 1. The van der Waals surface area contributed by atoms with Crippen molar-refractivity contribution in [1.29, 1.82) is 0 Å². The molecule has 1 aliphatic heterocycles. The van der Waals surface area contributed by atoms with Gasteiger partial charge in [0, 0.05) is 51.4 Å². The Morgan fingerprint density at radius 2 is 2.19 bits per heavy atom. The number of aromatic amines is 1. The first-order valence-corrected chi connectivity index (χ1v) is 7.82. The minimum atomic E-state index is 0.127. The van der Waals surface area contributed by atoms with Gasteiger partial charge >= 0.3 is 0 Å². The van der Waals surface area contributed by atoms with Crippen molar-refractivity contribution in [3.05, 3.63) is 18.0 Å². The van der Waals surface area contributed by atoms with E-state index in [9.17, 15) is 4.79 Å². The summed E-state index contributed by atoms with van der Waals surface area (Å²) in [5.74, 6) is 0.127. The Morgan fingerprint density at radius 3 is 2.86 bits per heavy atom. The van der Waals surface area contributed by atoms with Crippen molar-refractivity contribution in [3.63, 3.8) is 0 Å². The number of hydrogen-bond acceptors (Lipinski definition) is 4. The summed E-state index contributed by atoms with van der Waals surface area (Å²) >= 11 is 0. The van der Waals surface area contributed by atoms with Crippen LogP contribution in [0.4, 0.5) is 0 Å². The number of aromatic nitrogens is 2. The second-order valence-electron chi connectivity index (χ2n) is 5.93. The minimum absolute atomic E-state index is 0.127. The molecule has 1 aromatic rings. The van der Waals surface area contributed by atoms with Gasteiger partial charge in [0.05, 0.1) is 6.20 Å². The number of likely N-dealkylation sites (N-methyl/N-ethyl adjacent to an activating group) is 1. The lowest BCUT2D eigenvalue weighted by molar-refractivity contribution is -0.121. The smallest absolute Gasteiger partial charge is 0.220 e. The van der Waals surface area contributed by atoms with Gasteiger partial charge in [-0.2, -0.15) is 5.10 Å². The highest BCUT2D eigenvalue weighted by atomic mass is 16.1. The summed E-state index contributed by atoms with van der Waals surface area (Å²) in [5.41, 5.74) is 1.08. The second-order valence-corrected chi connectivity index (χ2v) is 5.93. The van der Waals surface area contributed by atoms with E-state index in [1.165, 1.54) is 0 Å². The maximum absolute atomic E-state index is 11.8. The zero-order valence-corrected chi connectivity index (χ0v) is 13.1. The first-order chi connectivity index (χ1) is 10.1. The fraction of sp³-hybridized carbons (Fsp3) is 0.733. The molecule has 2 N–H and O–H groups in total. The second kappa shape index (κ2) is 8.14. The van der Waals surface area contributed by atoms with Gasteiger partial charge in [0.15, 0.2) is 0 Å². The Hall–Kier alpha value is -1.40. The summed E-state index contributed by atoms with van der Waals surface area (Å²) < 4.78 is 0. The largest absolute Gasteiger partial charge is 0.356 e. The van der Waals surface area contributed by atoms with E-state index in [0.29, 0.717) is 12.5 Å². The molecule has 118 valence electrons. The Morgan fingerprint density at radius 1 is 1.43 bits per heavy atom. The van der Waals surface area contributed by atoms with Crippen LogP contribution in [-0.4, -0.2) is 71.7 Å². The molecule has 6 heteroatoms. The number of aryl methyl sites for hydroxylation is 1. The van der Waals surface area contributed by atoms with E-state index in [-0.39, 0.29) is 5.91 Å². The lowest BCUT2D eigenvalue weighted by atomic mass is 10.1. The van der Waals surface area contributed by atoms with Crippen LogP contribution in [0.3, 0.4) is 0 Å². The number of carbonyl (C=O) groups is 1. The quantitative estimate of drug-likeness (QED) is 0.768. The number of nitrogens with one attached hydrogen (secondary N) is 2. The summed E-state index contributed by atoms with van der Waals surface area (Å²) in [4.78, 5) is 16.7. The Labute approximate surface area is 126 Å². The lowest BCUT2D eigenvalue weighted by Crippen LogP contribution is -2.48. The molecule has 6 nitrogen and oxygen atoms in total. The van der Waals surface area contributed by atoms with Gasteiger partial charge in [0.25, 0.3) is 0 Å². The topological polar surface area (TPSA) is 64.3 Å². The molecule has 0 aliphatic carbocycles. The predicted molar refractivity (Wildman–Crippen MR) is 83.1 cm³/mol. The molecular weight excluding hydrogens is 266 g/mol. The van der Waals surface area contributed by atoms with Gasteiger partial charge < -0.3 is 10.2 Å². The average Bonchev–Trinajstić information content (AvgIpc) is 2.99. The van der Waals surface area contributed by atoms with Crippen LogP contribution in [0.15, 0.2) is 12.4 Å². The van der Waals surface area contributed by atoms with E-state index < -0.39 is 0 Å². The van der Waals surface area contributed by atoms with E-state index >= 15 is 0 Å². The van der Waals surface area contributed by atoms with E-state index in [1.54, 1.807) is 6.20 Å². The third kappa shape index (κ3) is 5.47. The van der Waals surface area contributed by atoms with Crippen molar-refractivity contribution in [3.8, 4) is 0 Å². The first-order valence-electron chi connectivity index (χ1n) is 7.82. The Bertz CT molecular complexity index is 412. The number of H-pyrrole nitrogens is 1. The maximum Gasteiger partial charge on any atom is 0.220 e. The molecule has 1 amide bonds. The van der Waals surface area contributed by atoms with E-state index in [2.05, 4.69) is 39.3 Å². The van der Waals surface area contributed by atoms with Gasteiger partial charge in [-0.1, -0.05) is 0 Å². The monoisotopic (exact) mass is 293 g/mol. The van der Waals surface area contributed by atoms with Gasteiger partial charge in [-0.3, -0.25) is 14.8 Å². The molecule has 0 saturated carbocycles. The average molecular weight is 293 g/mol. The molecule has 2 heterocycles. The van der Waals surface area contributed by atoms with Crippen molar-refractivity contribution in [2.75, 3.05) is 39.8 Å². The van der Waals surface area contributed by atoms with Gasteiger partial charge in [-0.05, 0) is 32.4 Å². The number of carbonyl (C=O) groups excluding carboxylic acids is 1. The minimum Gasteiger partial charge on any atom is -0.356 e. The van der Waals surface area contributed by atoms with E-state index in [4.69, 9.17) is 0 Å². The predicted octanol–water partition coefficient (Wildman–Crippen LogP) is 0.485. The SMILES string of the molecule is CC(CCNC(=O)CCc1cn[nH]c1)N1CCN(C)CC1. The van der Waals surface area contributed by atoms with Crippen LogP contribution < -0.4 is 5.32 Å². The molecule has 21 heavy (non-hydrogen) atoms. The molecule has 2 rings (SSSR count). The van der Waals surface area contributed by atoms with Crippen LogP contribution in [0.5, 0.6) is 0 Å². The summed E-state index contributed by atoms with van der Waals surface area (Å²) in [6, 6.07) is 0.535. The fourth-order valence-electron chi connectivity index (χ4n) is 2.63. The molecule has 1 atom stereocenters. The molecule has 1 unspecified atom stereocenters. The first kappa shape index (κ1) is 16.0. The van der Waals surface area contributed by atoms with Crippen molar-refractivity contribution < 1.29 is 4.79 Å². The van der Waals surface area contributed by atoms with Gasteiger partial charge in [0.1, 0.15) is 0 Å². The van der Waals surface area contributed by atoms with Crippen LogP contribution in [-0.2, 0) is 11.2 Å². The number of rotatable bonds is 7. The standard InChI is InChI=1S/C15H27N5O/c1-13(20-9-7-19(2)8-10-20)5-6-16-15(21)4-3-14-11-17-18-12-14/h11-13H,3-10H2,1-2H3,(H,16,21)(H,17,18). The van der Waals surface area contributed by atoms with Crippen molar-refractivity contribution in [2.45, 2.75) is 32.2 Å². The van der Waals surface area contributed by atoms with Crippen molar-refractivity contribution >= 4 is 5.91 Å². The molecule has 0 spiro atoms. The normalized spacial score (nSPS) is 18.6. The third-order valence-corrected chi connectivity index (χ3v) is 4.24. The fourth-order valence-corrected chi connectivity index (χ4v) is 2.63. The summed E-state index contributed by atoms with van der Waals surface area (Å²) in [5, 5.41) is 9.65. The summed E-state index contributed by atoms with van der Waals surface area (Å²) in [6.07, 6.45) is 5.89. The van der Waals surface area contributed by atoms with E-state index in [0.717, 1.165) is 51.1 Å². The molecular formula is C15H27N5O. The number of nitrogens with zero attached hydrogens (tertiary/aromatic N) is 3. The Balaban J connectivity index is 1.56. The van der Waals surface area contributed by atoms with Gasteiger partial charge in [-0.15, -0.1) is 0 Å². The molecule has 0 aromatic carbocycles.